The Morgan fingerprint density at radius 3 is 2.63 bits per heavy atom. The van der Waals surface area contributed by atoms with Crippen LogP contribution in [0.5, 0.6) is 11.5 Å². The molecule has 2 aromatic rings. The fourth-order valence-corrected chi connectivity index (χ4v) is 3.21. The third kappa shape index (κ3) is 3.93. The maximum absolute atomic E-state index is 12.8. The number of carbonyl (C=O) groups excluding carboxylic acids is 2. The SMILES string of the molecule is CC(=O)N1C[C@H](C(=O)Oc2cc(C)c(Cl)cc2C(C)C)Oc2ccccc21. The standard InChI is InChI=1S/C21H22ClNO4/c1-12(2)15-10-16(22)13(3)9-19(15)27-21(25)20-11-23(14(4)24)17-7-5-6-8-18(17)26-20/h5-10,12,20H,11H2,1-4H3/t20-/m1/s1. The molecule has 0 radical (unpaired) electrons. The van der Waals surface area contributed by atoms with Crippen LogP contribution in [0.4, 0.5) is 5.69 Å². The van der Waals surface area contributed by atoms with Crippen molar-refractivity contribution in [2.24, 2.45) is 0 Å². The number of aryl methyl sites for hydroxylation is 1. The quantitative estimate of drug-likeness (QED) is 0.575. The van der Waals surface area contributed by atoms with Crippen molar-refractivity contribution < 1.29 is 19.1 Å². The lowest BCUT2D eigenvalue weighted by Crippen LogP contribution is -2.47. The summed E-state index contributed by atoms with van der Waals surface area (Å²) >= 11 is 6.22. The second-order valence-electron chi connectivity index (χ2n) is 6.92. The summed E-state index contributed by atoms with van der Waals surface area (Å²) in [5, 5.41) is 0.629. The molecule has 0 unspecified atom stereocenters. The van der Waals surface area contributed by atoms with E-state index in [9.17, 15) is 9.59 Å². The summed E-state index contributed by atoms with van der Waals surface area (Å²) in [6, 6.07) is 10.7. The van der Waals surface area contributed by atoms with Crippen molar-refractivity contribution in [2.45, 2.75) is 39.7 Å². The van der Waals surface area contributed by atoms with Crippen LogP contribution in [-0.4, -0.2) is 24.5 Å². The first-order chi connectivity index (χ1) is 12.8. The van der Waals surface area contributed by atoms with E-state index in [1.807, 2.05) is 32.9 Å². The number of rotatable bonds is 3. The summed E-state index contributed by atoms with van der Waals surface area (Å²) in [5.41, 5.74) is 2.32. The number of hydrogen-bond donors (Lipinski definition) is 0. The molecule has 6 heteroatoms. The van der Waals surface area contributed by atoms with Gasteiger partial charge in [-0.1, -0.05) is 37.6 Å². The molecule has 1 aliphatic rings. The highest BCUT2D eigenvalue weighted by atomic mass is 35.5. The Hall–Kier alpha value is -2.53. The Bertz CT molecular complexity index is 894. The minimum absolute atomic E-state index is 0.106. The van der Waals surface area contributed by atoms with Crippen molar-refractivity contribution in [3.8, 4) is 11.5 Å². The molecule has 1 aliphatic heterocycles. The number of amides is 1. The van der Waals surface area contributed by atoms with E-state index < -0.39 is 12.1 Å². The number of halogens is 1. The molecule has 5 nitrogen and oxygen atoms in total. The maximum Gasteiger partial charge on any atom is 0.354 e. The Morgan fingerprint density at radius 1 is 1.26 bits per heavy atom. The van der Waals surface area contributed by atoms with Gasteiger partial charge in [-0.15, -0.1) is 0 Å². The molecule has 142 valence electrons. The molecule has 27 heavy (non-hydrogen) atoms. The zero-order valence-electron chi connectivity index (χ0n) is 15.8. The normalized spacial score (nSPS) is 15.9. The number of nitrogens with zero attached hydrogens (tertiary/aromatic N) is 1. The van der Waals surface area contributed by atoms with E-state index in [1.54, 1.807) is 24.3 Å². The van der Waals surface area contributed by atoms with Gasteiger partial charge in [0.2, 0.25) is 12.0 Å². The number of benzene rings is 2. The molecule has 2 aromatic carbocycles. The first-order valence-corrected chi connectivity index (χ1v) is 9.21. The summed E-state index contributed by atoms with van der Waals surface area (Å²) in [7, 11) is 0. The van der Waals surface area contributed by atoms with E-state index in [0.29, 0.717) is 22.2 Å². The largest absolute Gasteiger partial charge is 0.475 e. The van der Waals surface area contributed by atoms with Gasteiger partial charge in [-0.05, 0) is 48.2 Å². The molecule has 0 aromatic heterocycles. The van der Waals surface area contributed by atoms with Crippen LogP contribution in [0.25, 0.3) is 0 Å². The number of carbonyl (C=O) groups is 2. The monoisotopic (exact) mass is 387 g/mol. The molecule has 0 saturated heterocycles. The molecule has 0 fully saturated rings. The van der Waals surface area contributed by atoms with E-state index in [1.165, 1.54) is 11.8 Å². The van der Waals surface area contributed by atoms with Crippen LogP contribution in [0.3, 0.4) is 0 Å². The Labute approximate surface area is 163 Å². The number of para-hydroxylation sites is 2. The molecular weight excluding hydrogens is 366 g/mol. The van der Waals surface area contributed by atoms with Crippen LogP contribution >= 0.6 is 11.6 Å². The molecule has 0 spiro atoms. The lowest BCUT2D eigenvalue weighted by atomic mass is 10.0. The van der Waals surface area contributed by atoms with Gasteiger partial charge >= 0.3 is 5.97 Å². The first kappa shape index (κ1) is 19.2. The molecule has 1 atom stereocenters. The van der Waals surface area contributed by atoms with Gasteiger partial charge in [-0.2, -0.15) is 0 Å². The predicted octanol–water partition coefficient (Wildman–Crippen LogP) is 4.49. The summed E-state index contributed by atoms with van der Waals surface area (Å²) in [4.78, 5) is 26.3. The fraction of sp³-hybridized carbons (Fsp3) is 0.333. The molecular formula is C21H22ClNO4. The van der Waals surface area contributed by atoms with Gasteiger partial charge < -0.3 is 14.4 Å². The molecule has 1 heterocycles. The summed E-state index contributed by atoms with van der Waals surface area (Å²) < 4.78 is 11.5. The minimum Gasteiger partial charge on any atom is -0.475 e. The zero-order valence-corrected chi connectivity index (χ0v) is 16.5. The summed E-state index contributed by atoms with van der Waals surface area (Å²) in [6.07, 6.45) is -0.903. The van der Waals surface area contributed by atoms with Crippen molar-refractivity contribution in [3.05, 3.63) is 52.5 Å². The third-order valence-corrected chi connectivity index (χ3v) is 4.95. The van der Waals surface area contributed by atoms with Gasteiger partial charge in [0.25, 0.3) is 0 Å². The number of anilines is 1. The molecule has 0 saturated carbocycles. The Kier molecular flexibility index (Phi) is 5.42. The molecule has 3 rings (SSSR count). The summed E-state index contributed by atoms with van der Waals surface area (Å²) in [5.74, 6) is 0.381. The Morgan fingerprint density at radius 2 is 1.96 bits per heavy atom. The second-order valence-corrected chi connectivity index (χ2v) is 7.33. The topological polar surface area (TPSA) is 55.8 Å². The number of fused-ring (bicyclic) bond motifs is 1. The second kappa shape index (κ2) is 7.61. The van der Waals surface area contributed by atoms with E-state index >= 15 is 0 Å². The average molecular weight is 388 g/mol. The van der Waals surface area contributed by atoms with Crippen LogP contribution in [0.1, 0.15) is 37.8 Å². The van der Waals surface area contributed by atoms with Gasteiger partial charge in [-0.25, -0.2) is 4.79 Å². The molecule has 0 N–H and O–H groups in total. The van der Waals surface area contributed by atoms with Crippen molar-refractivity contribution in [1.82, 2.24) is 0 Å². The zero-order chi connectivity index (χ0) is 19.7. The van der Waals surface area contributed by atoms with Crippen LogP contribution in [-0.2, 0) is 9.59 Å². The lowest BCUT2D eigenvalue weighted by Gasteiger charge is -2.33. The smallest absolute Gasteiger partial charge is 0.354 e. The van der Waals surface area contributed by atoms with E-state index in [2.05, 4.69) is 0 Å². The van der Waals surface area contributed by atoms with Crippen molar-refractivity contribution >= 4 is 29.2 Å². The van der Waals surface area contributed by atoms with Gasteiger partial charge in [0, 0.05) is 11.9 Å². The molecule has 0 aliphatic carbocycles. The van der Waals surface area contributed by atoms with Crippen molar-refractivity contribution in [1.29, 1.82) is 0 Å². The van der Waals surface area contributed by atoms with E-state index in [4.69, 9.17) is 21.1 Å². The fourth-order valence-electron chi connectivity index (χ4n) is 3.04. The minimum atomic E-state index is -0.903. The highest BCUT2D eigenvalue weighted by Gasteiger charge is 2.34. The van der Waals surface area contributed by atoms with E-state index in [-0.39, 0.29) is 18.4 Å². The highest BCUT2D eigenvalue weighted by molar-refractivity contribution is 6.31. The van der Waals surface area contributed by atoms with Gasteiger partial charge in [0.05, 0.1) is 12.2 Å². The number of hydrogen-bond acceptors (Lipinski definition) is 4. The molecule has 1 amide bonds. The predicted molar refractivity (Wildman–Crippen MR) is 105 cm³/mol. The maximum atomic E-state index is 12.8. The van der Waals surface area contributed by atoms with Gasteiger partial charge in [0.1, 0.15) is 11.5 Å². The van der Waals surface area contributed by atoms with Crippen LogP contribution in [0.2, 0.25) is 5.02 Å². The van der Waals surface area contributed by atoms with Crippen molar-refractivity contribution in [2.75, 3.05) is 11.4 Å². The number of esters is 1. The average Bonchev–Trinajstić information content (AvgIpc) is 2.63. The number of ether oxygens (including phenoxy) is 2. The Balaban J connectivity index is 1.88. The van der Waals surface area contributed by atoms with Gasteiger partial charge in [0.15, 0.2) is 0 Å². The third-order valence-electron chi connectivity index (χ3n) is 4.54. The van der Waals surface area contributed by atoms with Crippen LogP contribution in [0, 0.1) is 6.92 Å². The van der Waals surface area contributed by atoms with Gasteiger partial charge in [-0.3, -0.25) is 4.79 Å². The molecule has 0 bridgehead atoms. The van der Waals surface area contributed by atoms with Crippen LogP contribution < -0.4 is 14.4 Å². The van der Waals surface area contributed by atoms with Crippen LogP contribution in [0.15, 0.2) is 36.4 Å². The first-order valence-electron chi connectivity index (χ1n) is 8.83. The highest BCUT2D eigenvalue weighted by Crippen LogP contribution is 2.35. The van der Waals surface area contributed by atoms with E-state index in [0.717, 1.165) is 11.1 Å². The summed E-state index contributed by atoms with van der Waals surface area (Å²) in [6.45, 7) is 7.43. The lowest BCUT2D eigenvalue weighted by molar-refractivity contribution is -0.142. The van der Waals surface area contributed by atoms with Crippen molar-refractivity contribution in [3.63, 3.8) is 0 Å².